The minimum Gasteiger partial charge on any atom is -0.493 e. The molecule has 0 aromatic heterocycles. The SMILES string of the molecule is CCOC(=O)C(Br)Oc1ccccc1OC. The Kier molecular flexibility index (Phi) is 5.11. The molecule has 0 aliphatic carbocycles. The quantitative estimate of drug-likeness (QED) is 0.616. The number of para-hydroxylation sites is 2. The summed E-state index contributed by atoms with van der Waals surface area (Å²) in [6.07, 6.45) is 0. The highest BCUT2D eigenvalue weighted by Crippen LogP contribution is 2.27. The van der Waals surface area contributed by atoms with E-state index in [2.05, 4.69) is 15.9 Å². The second-order valence-electron chi connectivity index (χ2n) is 2.84. The smallest absolute Gasteiger partial charge is 0.358 e. The lowest BCUT2D eigenvalue weighted by Crippen LogP contribution is -2.23. The average Bonchev–Trinajstić information content (AvgIpc) is 2.30. The minimum atomic E-state index is -0.830. The molecule has 1 rings (SSSR count). The molecule has 0 fully saturated rings. The van der Waals surface area contributed by atoms with Gasteiger partial charge in [-0.05, 0) is 35.0 Å². The number of hydrogen-bond donors (Lipinski definition) is 0. The molecule has 0 aliphatic heterocycles. The summed E-state index contributed by atoms with van der Waals surface area (Å²) in [5, 5.41) is -0.830. The van der Waals surface area contributed by atoms with E-state index in [1.807, 2.05) is 6.07 Å². The van der Waals surface area contributed by atoms with Gasteiger partial charge in [0, 0.05) is 0 Å². The summed E-state index contributed by atoms with van der Waals surface area (Å²) < 4.78 is 15.3. The van der Waals surface area contributed by atoms with Gasteiger partial charge in [-0.3, -0.25) is 0 Å². The first-order valence-corrected chi connectivity index (χ1v) is 5.71. The van der Waals surface area contributed by atoms with Crippen molar-refractivity contribution in [2.24, 2.45) is 0 Å². The standard InChI is InChI=1S/C11H13BrO4/c1-3-15-11(13)10(12)16-9-7-5-4-6-8(9)14-2/h4-7,10H,3H2,1-2H3. The molecule has 0 amide bonds. The van der Waals surface area contributed by atoms with Crippen molar-refractivity contribution in [3.8, 4) is 11.5 Å². The van der Waals surface area contributed by atoms with Crippen molar-refractivity contribution in [2.75, 3.05) is 13.7 Å². The Hall–Kier alpha value is -1.23. The third-order valence-electron chi connectivity index (χ3n) is 1.77. The number of carbonyl (C=O) groups is 1. The van der Waals surface area contributed by atoms with Gasteiger partial charge in [0.25, 0.3) is 0 Å². The lowest BCUT2D eigenvalue weighted by Gasteiger charge is -2.13. The van der Waals surface area contributed by atoms with Crippen molar-refractivity contribution in [3.63, 3.8) is 0 Å². The maximum absolute atomic E-state index is 11.3. The molecule has 0 saturated heterocycles. The molecule has 88 valence electrons. The Labute approximate surface area is 103 Å². The number of ether oxygens (including phenoxy) is 3. The Bertz CT molecular complexity index is 354. The van der Waals surface area contributed by atoms with Crippen molar-refractivity contribution in [1.29, 1.82) is 0 Å². The van der Waals surface area contributed by atoms with Gasteiger partial charge in [-0.15, -0.1) is 0 Å². The highest BCUT2D eigenvalue weighted by Gasteiger charge is 2.19. The first-order valence-electron chi connectivity index (χ1n) is 4.79. The van der Waals surface area contributed by atoms with E-state index >= 15 is 0 Å². The Morgan fingerprint density at radius 2 is 2.00 bits per heavy atom. The van der Waals surface area contributed by atoms with Crippen LogP contribution in [0.25, 0.3) is 0 Å². The van der Waals surface area contributed by atoms with Gasteiger partial charge in [0.2, 0.25) is 5.01 Å². The molecule has 5 heteroatoms. The molecular weight excluding hydrogens is 276 g/mol. The zero-order chi connectivity index (χ0) is 12.0. The van der Waals surface area contributed by atoms with Gasteiger partial charge < -0.3 is 14.2 Å². The van der Waals surface area contributed by atoms with Crippen LogP contribution < -0.4 is 9.47 Å². The van der Waals surface area contributed by atoms with Crippen LogP contribution in [-0.2, 0) is 9.53 Å². The predicted molar refractivity (Wildman–Crippen MR) is 63.0 cm³/mol. The summed E-state index contributed by atoms with van der Waals surface area (Å²) in [4.78, 5) is 11.3. The van der Waals surface area contributed by atoms with Crippen LogP contribution in [0.3, 0.4) is 0 Å². The van der Waals surface area contributed by atoms with Crippen LogP contribution in [-0.4, -0.2) is 24.7 Å². The lowest BCUT2D eigenvalue weighted by molar-refractivity contribution is -0.146. The van der Waals surface area contributed by atoms with E-state index in [4.69, 9.17) is 14.2 Å². The lowest BCUT2D eigenvalue weighted by atomic mass is 10.3. The summed E-state index contributed by atoms with van der Waals surface area (Å²) in [7, 11) is 1.54. The fourth-order valence-electron chi connectivity index (χ4n) is 1.08. The number of methoxy groups -OCH3 is 1. The summed E-state index contributed by atoms with van der Waals surface area (Å²) in [5.41, 5.74) is 0. The number of benzene rings is 1. The fraction of sp³-hybridized carbons (Fsp3) is 0.364. The number of esters is 1. The van der Waals surface area contributed by atoms with Crippen molar-refractivity contribution in [2.45, 2.75) is 11.9 Å². The number of halogens is 1. The van der Waals surface area contributed by atoms with Gasteiger partial charge in [0.1, 0.15) is 0 Å². The minimum absolute atomic E-state index is 0.316. The topological polar surface area (TPSA) is 44.8 Å². The Morgan fingerprint density at radius 1 is 1.38 bits per heavy atom. The summed E-state index contributed by atoms with van der Waals surface area (Å²) in [6, 6.07) is 7.08. The van der Waals surface area contributed by atoms with Gasteiger partial charge in [-0.2, -0.15) is 0 Å². The average molecular weight is 289 g/mol. The summed E-state index contributed by atoms with van der Waals surface area (Å²) in [5.74, 6) is 0.588. The van der Waals surface area contributed by atoms with E-state index in [-0.39, 0.29) is 0 Å². The summed E-state index contributed by atoms with van der Waals surface area (Å²) >= 11 is 3.09. The monoisotopic (exact) mass is 288 g/mol. The second kappa shape index (κ2) is 6.37. The predicted octanol–water partition coefficient (Wildman–Crippen LogP) is 2.36. The molecule has 1 aromatic carbocycles. The maximum Gasteiger partial charge on any atom is 0.358 e. The van der Waals surface area contributed by atoms with E-state index in [0.717, 1.165) is 0 Å². The molecular formula is C11H13BrO4. The van der Waals surface area contributed by atoms with E-state index in [9.17, 15) is 4.79 Å². The van der Waals surface area contributed by atoms with Crippen molar-refractivity contribution in [1.82, 2.24) is 0 Å². The van der Waals surface area contributed by atoms with Gasteiger partial charge in [0.15, 0.2) is 11.5 Å². The number of hydrogen-bond acceptors (Lipinski definition) is 4. The van der Waals surface area contributed by atoms with Crippen LogP contribution >= 0.6 is 15.9 Å². The van der Waals surface area contributed by atoms with Crippen LogP contribution in [0.2, 0.25) is 0 Å². The zero-order valence-corrected chi connectivity index (χ0v) is 10.7. The molecule has 1 unspecified atom stereocenters. The molecule has 0 heterocycles. The first-order chi connectivity index (χ1) is 7.69. The van der Waals surface area contributed by atoms with E-state index in [1.54, 1.807) is 25.1 Å². The molecule has 1 atom stereocenters. The number of alkyl halides is 1. The highest BCUT2D eigenvalue weighted by molar-refractivity contribution is 9.09. The summed E-state index contributed by atoms with van der Waals surface area (Å²) in [6.45, 7) is 2.05. The molecule has 0 aliphatic rings. The molecule has 1 aromatic rings. The molecule has 0 radical (unpaired) electrons. The number of rotatable bonds is 5. The molecule has 0 bridgehead atoms. The zero-order valence-electron chi connectivity index (χ0n) is 9.10. The second-order valence-corrected chi connectivity index (χ2v) is 3.67. The van der Waals surface area contributed by atoms with Crippen molar-refractivity contribution in [3.05, 3.63) is 24.3 Å². The van der Waals surface area contributed by atoms with Crippen LogP contribution in [0.1, 0.15) is 6.92 Å². The fourth-order valence-corrected chi connectivity index (χ4v) is 1.42. The molecule has 0 spiro atoms. The largest absolute Gasteiger partial charge is 0.493 e. The van der Waals surface area contributed by atoms with Gasteiger partial charge in [-0.25, -0.2) is 4.79 Å². The Morgan fingerprint density at radius 3 is 2.56 bits per heavy atom. The van der Waals surface area contributed by atoms with Crippen molar-refractivity contribution < 1.29 is 19.0 Å². The highest BCUT2D eigenvalue weighted by atomic mass is 79.9. The third-order valence-corrected chi connectivity index (χ3v) is 2.33. The van der Waals surface area contributed by atoms with Crippen LogP contribution in [0.15, 0.2) is 24.3 Å². The van der Waals surface area contributed by atoms with Crippen LogP contribution in [0, 0.1) is 0 Å². The normalized spacial score (nSPS) is 11.7. The van der Waals surface area contributed by atoms with Crippen molar-refractivity contribution >= 4 is 21.9 Å². The van der Waals surface area contributed by atoms with E-state index < -0.39 is 11.0 Å². The van der Waals surface area contributed by atoms with Gasteiger partial charge in [0.05, 0.1) is 13.7 Å². The third kappa shape index (κ3) is 3.41. The van der Waals surface area contributed by atoms with E-state index in [1.165, 1.54) is 7.11 Å². The van der Waals surface area contributed by atoms with Crippen LogP contribution in [0.4, 0.5) is 0 Å². The van der Waals surface area contributed by atoms with Crippen LogP contribution in [0.5, 0.6) is 11.5 Å². The van der Waals surface area contributed by atoms with Gasteiger partial charge in [-0.1, -0.05) is 12.1 Å². The Balaban J connectivity index is 2.68. The number of carbonyl (C=O) groups excluding carboxylic acids is 1. The first kappa shape index (κ1) is 12.8. The van der Waals surface area contributed by atoms with E-state index in [0.29, 0.717) is 18.1 Å². The maximum atomic E-state index is 11.3. The molecule has 0 saturated carbocycles. The molecule has 0 N–H and O–H groups in total. The molecule has 16 heavy (non-hydrogen) atoms. The molecule has 4 nitrogen and oxygen atoms in total. The van der Waals surface area contributed by atoms with Gasteiger partial charge >= 0.3 is 5.97 Å².